The van der Waals surface area contributed by atoms with Crippen LogP contribution in [0.4, 0.5) is 0 Å². The van der Waals surface area contributed by atoms with Gasteiger partial charge in [0, 0.05) is 38.3 Å². The Morgan fingerprint density at radius 2 is 1.76 bits per heavy atom. The first kappa shape index (κ1) is 15.3. The number of hydrogen-bond acceptors (Lipinski definition) is 4. The van der Waals surface area contributed by atoms with E-state index in [9.17, 15) is 4.79 Å². The third kappa shape index (κ3) is 2.96. The molecule has 0 bridgehead atoms. The molecule has 1 N–H and O–H groups in total. The van der Waals surface area contributed by atoms with Crippen molar-refractivity contribution in [2.45, 2.75) is 38.1 Å². The van der Waals surface area contributed by atoms with Crippen LogP contribution in [0.3, 0.4) is 0 Å². The van der Waals surface area contributed by atoms with Crippen molar-refractivity contribution >= 4 is 5.91 Å². The summed E-state index contributed by atoms with van der Waals surface area (Å²) in [4.78, 5) is 17.4. The van der Waals surface area contributed by atoms with Crippen molar-refractivity contribution in [2.75, 3.05) is 53.0 Å². The van der Waals surface area contributed by atoms with Crippen molar-refractivity contribution in [3.63, 3.8) is 0 Å². The van der Waals surface area contributed by atoms with E-state index in [4.69, 9.17) is 4.74 Å². The fraction of sp³-hybridized carbons (Fsp3) is 0.938. The molecule has 120 valence electrons. The number of amides is 1. The quantitative estimate of drug-likeness (QED) is 0.829. The van der Waals surface area contributed by atoms with Gasteiger partial charge in [-0.3, -0.25) is 9.69 Å². The van der Waals surface area contributed by atoms with Gasteiger partial charge in [0.2, 0.25) is 5.91 Å². The zero-order valence-electron chi connectivity index (χ0n) is 13.5. The highest BCUT2D eigenvalue weighted by molar-refractivity contribution is 5.83. The first-order valence-corrected chi connectivity index (χ1v) is 8.34. The molecule has 5 nitrogen and oxygen atoms in total. The Morgan fingerprint density at radius 1 is 1.14 bits per heavy atom. The molecule has 0 aromatic heterocycles. The van der Waals surface area contributed by atoms with Crippen LogP contribution in [0, 0.1) is 5.41 Å². The first-order valence-electron chi connectivity index (χ1n) is 8.34. The van der Waals surface area contributed by atoms with E-state index < -0.39 is 0 Å². The molecule has 3 rings (SSSR count). The fourth-order valence-corrected chi connectivity index (χ4v) is 3.92. The minimum Gasteiger partial charge on any atom is -0.379 e. The summed E-state index contributed by atoms with van der Waals surface area (Å²) in [5, 5.41) is 3.24. The highest BCUT2D eigenvalue weighted by Crippen LogP contribution is 2.36. The van der Waals surface area contributed by atoms with Gasteiger partial charge in [-0.25, -0.2) is 0 Å². The second kappa shape index (κ2) is 5.86. The normalized spacial score (nSPS) is 29.0. The number of hydrogen-bond donors (Lipinski definition) is 1. The molecule has 0 radical (unpaired) electrons. The van der Waals surface area contributed by atoms with Gasteiger partial charge < -0.3 is 15.0 Å². The molecule has 1 saturated carbocycles. The number of carbonyl (C=O) groups excluding carboxylic acids is 1. The van der Waals surface area contributed by atoms with E-state index in [1.54, 1.807) is 0 Å². The molecular formula is C16H29N3O2. The summed E-state index contributed by atoms with van der Waals surface area (Å²) >= 11 is 0. The Kier molecular flexibility index (Phi) is 4.26. The summed E-state index contributed by atoms with van der Waals surface area (Å²) in [6.45, 7) is 8.50. The smallest absolute Gasteiger partial charge is 0.230 e. The maximum Gasteiger partial charge on any atom is 0.230 e. The number of carbonyl (C=O) groups is 1. The summed E-state index contributed by atoms with van der Waals surface area (Å²) in [6, 6.07) is 0. The van der Waals surface area contributed by atoms with Crippen LogP contribution in [0.15, 0.2) is 0 Å². The Hall–Kier alpha value is -0.650. The minimum atomic E-state index is -0.290. The van der Waals surface area contributed by atoms with Crippen molar-refractivity contribution < 1.29 is 9.53 Å². The third-order valence-electron chi connectivity index (χ3n) is 5.68. The number of likely N-dealkylation sites (N-methyl/N-ethyl adjacent to an activating group) is 1. The van der Waals surface area contributed by atoms with E-state index in [1.807, 2.05) is 6.92 Å². The number of piperazine rings is 1. The van der Waals surface area contributed by atoms with Crippen molar-refractivity contribution in [3.05, 3.63) is 0 Å². The van der Waals surface area contributed by atoms with E-state index >= 15 is 0 Å². The molecule has 21 heavy (non-hydrogen) atoms. The van der Waals surface area contributed by atoms with E-state index in [2.05, 4.69) is 22.2 Å². The van der Waals surface area contributed by atoms with Gasteiger partial charge in [0.15, 0.2) is 0 Å². The zero-order valence-corrected chi connectivity index (χ0v) is 13.5. The van der Waals surface area contributed by atoms with Crippen LogP contribution in [0.5, 0.6) is 0 Å². The molecular weight excluding hydrogens is 266 g/mol. The third-order valence-corrected chi connectivity index (χ3v) is 5.68. The highest BCUT2D eigenvalue weighted by Gasteiger charge is 2.44. The summed E-state index contributed by atoms with van der Waals surface area (Å²) in [7, 11) is 2.19. The van der Waals surface area contributed by atoms with Gasteiger partial charge >= 0.3 is 0 Å². The lowest BCUT2D eigenvalue weighted by Gasteiger charge is -2.46. The second-order valence-electron chi connectivity index (χ2n) is 7.46. The Labute approximate surface area is 128 Å². The molecule has 0 aromatic rings. The van der Waals surface area contributed by atoms with Crippen LogP contribution in [0.1, 0.15) is 32.6 Å². The van der Waals surface area contributed by atoms with Crippen LogP contribution >= 0.6 is 0 Å². The minimum absolute atomic E-state index is 0.175. The van der Waals surface area contributed by atoms with E-state index in [-0.39, 0.29) is 16.9 Å². The molecule has 1 amide bonds. The molecule has 5 heteroatoms. The molecule has 0 aromatic carbocycles. The lowest BCUT2D eigenvalue weighted by molar-refractivity contribution is -0.158. The number of nitrogens with zero attached hydrogens (tertiary/aromatic N) is 2. The molecule has 0 atom stereocenters. The van der Waals surface area contributed by atoms with Gasteiger partial charge in [-0.2, -0.15) is 0 Å². The summed E-state index contributed by atoms with van der Waals surface area (Å²) < 4.78 is 5.21. The van der Waals surface area contributed by atoms with E-state index in [0.717, 1.165) is 32.7 Å². The summed E-state index contributed by atoms with van der Waals surface area (Å²) in [6.07, 6.45) is 5.04. The maximum atomic E-state index is 12.4. The van der Waals surface area contributed by atoms with Gasteiger partial charge in [-0.05, 0) is 26.8 Å². The summed E-state index contributed by atoms with van der Waals surface area (Å²) in [5.74, 6) is 0.175. The SMILES string of the molecule is CN1CCN(C2(CNC(=O)C3(C)COC3)CCCC2)CC1. The van der Waals surface area contributed by atoms with Crippen LogP contribution in [0.2, 0.25) is 0 Å². The number of nitrogens with one attached hydrogen (secondary N) is 1. The zero-order chi connectivity index (χ0) is 14.9. The largest absolute Gasteiger partial charge is 0.379 e. The standard InChI is InChI=1S/C16H29N3O2/c1-15(12-21-13-15)14(20)17-11-16(5-3-4-6-16)19-9-7-18(2)8-10-19/h3-13H2,1-2H3,(H,17,20). The van der Waals surface area contributed by atoms with Gasteiger partial charge in [0.25, 0.3) is 0 Å². The van der Waals surface area contributed by atoms with Crippen molar-refractivity contribution in [1.82, 2.24) is 15.1 Å². The topological polar surface area (TPSA) is 44.8 Å². The lowest BCUT2D eigenvalue weighted by atomic mass is 9.86. The monoisotopic (exact) mass is 295 g/mol. The molecule has 1 aliphatic carbocycles. The predicted molar refractivity (Wildman–Crippen MR) is 82.2 cm³/mol. The molecule has 3 aliphatic rings. The van der Waals surface area contributed by atoms with E-state index in [0.29, 0.717) is 13.2 Å². The molecule has 2 heterocycles. The van der Waals surface area contributed by atoms with Crippen LogP contribution in [0.25, 0.3) is 0 Å². The number of rotatable bonds is 4. The van der Waals surface area contributed by atoms with Gasteiger partial charge in [-0.15, -0.1) is 0 Å². The first-order chi connectivity index (χ1) is 10.0. The van der Waals surface area contributed by atoms with E-state index in [1.165, 1.54) is 25.7 Å². The van der Waals surface area contributed by atoms with Gasteiger partial charge in [0.05, 0.1) is 18.6 Å². The molecule has 3 fully saturated rings. The van der Waals surface area contributed by atoms with Crippen molar-refractivity contribution in [2.24, 2.45) is 5.41 Å². The fourth-order valence-electron chi connectivity index (χ4n) is 3.92. The summed E-state index contributed by atoms with van der Waals surface area (Å²) in [5.41, 5.74) is -0.0835. The molecule has 0 spiro atoms. The maximum absolute atomic E-state index is 12.4. The molecule has 2 saturated heterocycles. The second-order valence-corrected chi connectivity index (χ2v) is 7.46. The lowest BCUT2D eigenvalue weighted by Crippen LogP contribution is -2.61. The van der Waals surface area contributed by atoms with Gasteiger partial charge in [0.1, 0.15) is 0 Å². The molecule has 0 unspecified atom stereocenters. The van der Waals surface area contributed by atoms with Crippen molar-refractivity contribution in [3.8, 4) is 0 Å². The van der Waals surface area contributed by atoms with Crippen LogP contribution < -0.4 is 5.32 Å². The van der Waals surface area contributed by atoms with Gasteiger partial charge in [-0.1, -0.05) is 12.8 Å². The Balaban J connectivity index is 1.60. The molecule has 2 aliphatic heterocycles. The van der Waals surface area contributed by atoms with Crippen LogP contribution in [-0.2, 0) is 9.53 Å². The predicted octanol–water partition coefficient (Wildman–Crippen LogP) is 0.699. The Morgan fingerprint density at radius 3 is 2.29 bits per heavy atom. The average Bonchev–Trinajstić information content (AvgIpc) is 2.93. The number of ether oxygens (including phenoxy) is 1. The highest BCUT2D eigenvalue weighted by atomic mass is 16.5. The van der Waals surface area contributed by atoms with Crippen molar-refractivity contribution in [1.29, 1.82) is 0 Å². The Bertz CT molecular complexity index is 381. The average molecular weight is 295 g/mol. The van der Waals surface area contributed by atoms with Crippen LogP contribution in [-0.4, -0.2) is 74.2 Å².